The Morgan fingerprint density at radius 3 is 2.56 bits per heavy atom. The molecule has 0 unspecified atom stereocenters. The van der Waals surface area contributed by atoms with E-state index < -0.39 is 0 Å². The summed E-state index contributed by atoms with van der Waals surface area (Å²) in [5, 5.41) is 9.66. The maximum atomic E-state index is 12.2. The summed E-state index contributed by atoms with van der Waals surface area (Å²) < 4.78 is 6.97. The van der Waals surface area contributed by atoms with Gasteiger partial charge in [0.2, 0.25) is 5.91 Å². The van der Waals surface area contributed by atoms with Gasteiger partial charge in [0.15, 0.2) is 0 Å². The summed E-state index contributed by atoms with van der Waals surface area (Å²) in [6, 6.07) is 9.38. The van der Waals surface area contributed by atoms with Crippen molar-refractivity contribution >= 4 is 23.2 Å². The molecule has 0 aliphatic carbocycles. The maximum absolute atomic E-state index is 12.2. The first kappa shape index (κ1) is 18.9. The number of morpholine rings is 1. The highest BCUT2D eigenvalue weighted by Crippen LogP contribution is 2.18. The van der Waals surface area contributed by atoms with E-state index in [0.29, 0.717) is 17.9 Å². The maximum Gasteiger partial charge on any atom is 0.269 e. The molecule has 1 aromatic heterocycles. The van der Waals surface area contributed by atoms with Gasteiger partial charge in [-0.05, 0) is 44.2 Å². The zero-order chi connectivity index (χ0) is 19.2. The van der Waals surface area contributed by atoms with Gasteiger partial charge in [-0.25, -0.2) is 0 Å². The van der Waals surface area contributed by atoms with Crippen molar-refractivity contribution in [1.82, 2.24) is 15.1 Å². The van der Waals surface area contributed by atoms with Gasteiger partial charge in [0.05, 0.1) is 25.5 Å². The summed E-state index contributed by atoms with van der Waals surface area (Å²) in [6.45, 7) is 7.43. The molecule has 8 heteroatoms. The van der Waals surface area contributed by atoms with Crippen molar-refractivity contribution in [3.05, 3.63) is 41.7 Å². The lowest BCUT2D eigenvalue weighted by Crippen LogP contribution is -2.36. The van der Waals surface area contributed by atoms with Gasteiger partial charge in [0, 0.05) is 31.0 Å². The number of nitrogens with one attached hydrogen (secondary N) is 2. The molecule has 0 spiro atoms. The molecular weight excluding hydrogens is 346 g/mol. The quantitative estimate of drug-likeness (QED) is 0.802. The molecule has 8 nitrogen and oxygen atoms in total. The van der Waals surface area contributed by atoms with E-state index in [1.807, 2.05) is 38.1 Å². The van der Waals surface area contributed by atoms with Crippen LogP contribution in [0.25, 0.3) is 0 Å². The molecule has 1 aliphatic heterocycles. The molecule has 0 bridgehead atoms. The van der Waals surface area contributed by atoms with Crippen LogP contribution >= 0.6 is 0 Å². The molecule has 2 amide bonds. The van der Waals surface area contributed by atoms with Crippen LogP contribution in [-0.4, -0.2) is 54.4 Å². The summed E-state index contributed by atoms with van der Waals surface area (Å²) in [7, 11) is 0. The Morgan fingerprint density at radius 1 is 1.19 bits per heavy atom. The fourth-order valence-electron chi connectivity index (χ4n) is 3.00. The minimum Gasteiger partial charge on any atom is -0.378 e. The van der Waals surface area contributed by atoms with Crippen LogP contribution in [0.1, 0.15) is 23.1 Å². The Bertz CT molecular complexity index is 794. The molecule has 1 fully saturated rings. The zero-order valence-electron chi connectivity index (χ0n) is 15.7. The van der Waals surface area contributed by atoms with Crippen LogP contribution in [0.3, 0.4) is 0 Å². The molecule has 0 radical (unpaired) electrons. The number of nitrogens with zero attached hydrogens (tertiary/aromatic N) is 3. The van der Waals surface area contributed by atoms with Crippen molar-refractivity contribution in [2.75, 3.05) is 43.1 Å². The number of ether oxygens (including phenoxy) is 1. The van der Waals surface area contributed by atoms with Gasteiger partial charge in [0.1, 0.15) is 5.69 Å². The summed E-state index contributed by atoms with van der Waals surface area (Å²) >= 11 is 0. The van der Waals surface area contributed by atoms with E-state index in [4.69, 9.17) is 4.74 Å². The minimum atomic E-state index is -0.310. The number of carbonyl (C=O) groups excluding carboxylic acids is 2. The third kappa shape index (κ3) is 4.85. The van der Waals surface area contributed by atoms with Crippen molar-refractivity contribution in [2.24, 2.45) is 0 Å². The number of benzene rings is 1. The highest BCUT2D eigenvalue weighted by Gasteiger charge is 2.14. The van der Waals surface area contributed by atoms with Crippen LogP contribution in [0.15, 0.2) is 30.3 Å². The normalized spacial score (nSPS) is 14.1. The van der Waals surface area contributed by atoms with Gasteiger partial charge in [0.25, 0.3) is 5.91 Å². The first-order valence-electron chi connectivity index (χ1n) is 9.12. The number of carbonyl (C=O) groups is 2. The molecule has 0 atom stereocenters. The number of rotatable bonds is 6. The third-order valence-corrected chi connectivity index (χ3v) is 4.37. The summed E-state index contributed by atoms with van der Waals surface area (Å²) in [6.07, 6.45) is 0. The van der Waals surface area contributed by atoms with E-state index in [1.165, 1.54) is 0 Å². The second kappa shape index (κ2) is 8.68. The molecule has 1 saturated heterocycles. The highest BCUT2D eigenvalue weighted by molar-refractivity contribution is 5.98. The smallest absolute Gasteiger partial charge is 0.269 e. The van der Waals surface area contributed by atoms with Gasteiger partial charge < -0.3 is 20.3 Å². The van der Waals surface area contributed by atoms with Crippen molar-refractivity contribution in [1.29, 1.82) is 0 Å². The lowest BCUT2D eigenvalue weighted by molar-refractivity contribution is -0.115. The largest absolute Gasteiger partial charge is 0.378 e. The lowest BCUT2D eigenvalue weighted by atomic mass is 10.2. The molecule has 2 heterocycles. The van der Waals surface area contributed by atoms with Crippen molar-refractivity contribution in [3.63, 3.8) is 0 Å². The van der Waals surface area contributed by atoms with Crippen LogP contribution in [0.2, 0.25) is 0 Å². The predicted octanol–water partition coefficient (Wildman–Crippen LogP) is 1.42. The Balaban J connectivity index is 1.50. The van der Waals surface area contributed by atoms with E-state index >= 15 is 0 Å². The molecular formula is C19H25N5O3. The fraction of sp³-hybridized carbons (Fsp3) is 0.421. The zero-order valence-corrected chi connectivity index (χ0v) is 15.7. The van der Waals surface area contributed by atoms with Crippen molar-refractivity contribution < 1.29 is 14.3 Å². The topological polar surface area (TPSA) is 88.5 Å². The van der Waals surface area contributed by atoms with E-state index in [2.05, 4.69) is 20.6 Å². The molecule has 27 heavy (non-hydrogen) atoms. The van der Waals surface area contributed by atoms with Gasteiger partial charge in [-0.15, -0.1) is 0 Å². The Kier molecular flexibility index (Phi) is 6.08. The van der Waals surface area contributed by atoms with Gasteiger partial charge >= 0.3 is 0 Å². The third-order valence-electron chi connectivity index (χ3n) is 4.37. The minimum absolute atomic E-state index is 0.0992. The molecule has 3 rings (SSSR count). The first-order chi connectivity index (χ1) is 13.1. The van der Waals surface area contributed by atoms with E-state index in [-0.39, 0.29) is 18.4 Å². The van der Waals surface area contributed by atoms with Crippen molar-refractivity contribution in [2.45, 2.75) is 20.4 Å². The average Bonchev–Trinajstić information content (AvgIpc) is 3.08. The number of aromatic nitrogens is 2. The Labute approximate surface area is 158 Å². The molecule has 1 aliphatic rings. The van der Waals surface area contributed by atoms with Gasteiger partial charge in [-0.1, -0.05) is 0 Å². The Morgan fingerprint density at radius 2 is 1.89 bits per heavy atom. The molecule has 1 aromatic carbocycles. The molecule has 2 N–H and O–H groups in total. The molecule has 144 valence electrons. The van der Waals surface area contributed by atoms with Gasteiger partial charge in [-0.3, -0.25) is 14.3 Å². The summed E-state index contributed by atoms with van der Waals surface area (Å²) in [4.78, 5) is 26.6. The Hall–Kier alpha value is -2.87. The summed E-state index contributed by atoms with van der Waals surface area (Å²) in [5.41, 5.74) is 3.03. The number of aryl methyl sites for hydroxylation is 2. The van der Waals surface area contributed by atoms with Gasteiger partial charge in [-0.2, -0.15) is 5.10 Å². The monoisotopic (exact) mass is 371 g/mol. The molecule has 0 saturated carbocycles. The number of hydrogen-bond acceptors (Lipinski definition) is 5. The van der Waals surface area contributed by atoms with E-state index in [1.54, 1.807) is 10.7 Å². The highest BCUT2D eigenvalue weighted by atomic mass is 16.5. The van der Waals surface area contributed by atoms with E-state index in [9.17, 15) is 9.59 Å². The van der Waals surface area contributed by atoms with Crippen LogP contribution in [-0.2, 0) is 16.1 Å². The standard InChI is InChI=1S/C19H25N5O3/c1-3-24-17(12-14(2)22-24)19(26)20-13-18(25)21-15-4-6-16(7-5-15)23-8-10-27-11-9-23/h4-7,12H,3,8-11,13H2,1-2H3,(H,20,26)(H,21,25). The van der Waals surface area contributed by atoms with Crippen LogP contribution in [0, 0.1) is 6.92 Å². The van der Waals surface area contributed by atoms with Crippen LogP contribution in [0.4, 0.5) is 11.4 Å². The average molecular weight is 371 g/mol. The summed E-state index contributed by atoms with van der Waals surface area (Å²) in [5.74, 6) is -0.586. The number of hydrogen-bond donors (Lipinski definition) is 2. The lowest BCUT2D eigenvalue weighted by Gasteiger charge is -2.28. The number of anilines is 2. The van der Waals surface area contributed by atoms with E-state index in [0.717, 1.165) is 37.7 Å². The first-order valence-corrected chi connectivity index (χ1v) is 9.12. The van der Waals surface area contributed by atoms with Crippen LogP contribution < -0.4 is 15.5 Å². The number of amides is 2. The van der Waals surface area contributed by atoms with Crippen LogP contribution in [0.5, 0.6) is 0 Å². The SMILES string of the molecule is CCn1nc(C)cc1C(=O)NCC(=O)Nc1ccc(N2CCOCC2)cc1. The second-order valence-electron chi connectivity index (χ2n) is 6.36. The predicted molar refractivity (Wildman–Crippen MR) is 103 cm³/mol. The fourth-order valence-corrected chi connectivity index (χ4v) is 3.00. The van der Waals surface area contributed by atoms with Crippen molar-refractivity contribution in [3.8, 4) is 0 Å². The second-order valence-corrected chi connectivity index (χ2v) is 6.36. The molecule has 2 aromatic rings.